The standard InChI is InChI=1S/C25H36N4O4S2/c30-35(31,21-22-11-5-4-6-12-22)29(33-24-13-7-10-20-32-24)19-9-3-1-2-8-16-27-25(34)28-23-14-17-26-18-15-23/h4-6,11-12,14-15,17-18,24H,1-3,7-10,13,16,19-21H2,(H2,26,27,28,34). The largest absolute Gasteiger partial charge is 0.362 e. The van der Waals surface area contributed by atoms with E-state index in [2.05, 4.69) is 15.6 Å². The molecule has 1 aromatic carbocycles. The molecule has 0 saturated carbocycles. The second-order valence-electron chi connectivity index (χ2n) is 8.55. The van der Waals surface area contributed by atoms with Crippen molar-refractivity contribution in [2.24, 2.45) is 0 Å². The molecule has 2 aromatic rings. The van der Waals surface area contributed by atoms with Gasteiger partial charge in [-0.3, -0.25) is 9.82 Å². The molecule has 0 bridgehead atoms. The van der Waals surface area contributed by atoms with Crippen LogP contribution in [0, 0.1) is 0 Å². The normalized spacial score (nSPS) is 16.2. The summed E-state index contributed by atoms with van der Waals surface area (Å²) in [5, 5.41) is 6.93. The first-order valence-electron chi connectivity index (χ1n) is 12.3. The highest BCUT2D eigenvalue weighted by Crippen LogP contribution is 2.20. The summed E-state index contributed by atoms with van der Waals surface area (Å²) < 4.78 is 33.0. The van der Waals surface area contributed by atoms with Gasteiger partial charge in [-0.2, -0.15) is 0 Å². The van der Waals surface area contributed by atoms with Crippen LogP contribution < -0.4 is 10.6 Å². The van der Waals surface area contributed by atoms with Crippen LogP contribution in [-0.2, 0) is 25.4 Å². The highest BCUT2D eigenvalue weighted by Gasteiger charge is 2.28. The number of sulfonamides is 1. The van der Waals surface area contributed by atoms with E-state index in [-0.39, 0.29) is 5.75 Å². The van der Waals surface area contributed by atoms with Crippen molar-refractivity contribution in [1.29, 1.82) is 0 Å². The van der Waals surface area contributed by atoms with E-state index in [1.165, 1.54) is 4.47 Å². The van der Waals surface area contributed by atoms with Crippen molar-refractivity contribution in [3.8, 4) is 0 Å². The molecule has 192 valence electrons. The number of hydrogen-bond donors (Lipinski definition) is 2. The average Bonchev–Trinajstić information content (AvgIpc) is 2.86. The van der Waals surface area contributed by atoms with E-state index in [9.17, 15) is 8.42 Å². The Balaban J connectivity index is 1.36. The molecular weight excluding hydrogens is 484 g/mol. The quantitative estimate of drug-likeness (QED) is 0.212. The number of hydroxylamine groups is 1. The third-order valence-corrected chi connectivity index (χ3v) is 7.45. The van der Waals surface area contributed by atoms with Gasteiger partial charge in [0.25, 0.3) is 0 Å². The van der Waals surface area contributed by atoms with Gasteiger partial charge in [-0.15, -0.1) is 0 Å². The van der Waals surface area contributed by atoms with E-state index in [1.807, 2.05) is 42.5 Å². The molecule has 8 nitrogen and oxygen atoms in total. The number of nitrogens with one attached hydrogen (secondary N) is 2. The van der Waals surface area contributed by atoms with E-state index in [0.717, 1.165) is 62.7 Å². The first-order chi connectivity index (χ1) is 17.0. The van der Waals surface area contributed by atoms with Gasteiger partial charge in [0.1, 0.15) is 0 Å². The summed E-state index contributed by atoms with van der Waals surface area (Å²) >= 11 is 5.30. The lowest BCUT2D eigenvalue weighted by atomic mass is 10.1. The van der Waals surface area contributed by atoms with Gasteiger partial charge in [-0.1, -0.05) is 54.1 Å². The van der Waals surface area contributed by atoms with Gasteiger partial charge >= 0.3 is 0 Å². The van der Waals surface area contributed by atoms with Crippen molar-refractivity contribution < 1.29 is 18.0 Å². The molecule has 0 radical (unpaired) electrons. The Bertz CT molecular complexity index is 971. The predicted octanol–water partition coefficient (Wildman–Crippen LogP) is 4.61. The van der Waals surface area contributed by atoms with Crippen LogP contribution >= 0.6 is 12.2 Å². The summed E-state index contributed by atoms with van der Waals surface area (Å²) in [5.41, 5.74) is 1.65. The van der Waals surface area contributed by atoms with Crippen LogP contribution in [0.25, 0.3) is 0 Å². The molecule has 1 aliphatic heterocycles. The number of rotatable bonds is 14. The molecule has 1 atom stereocenters. The molecule has 0 spiro atoms. The fourth-order valence-corrected chi connectivity index (χ4v) is 5.36. The molecule has 1 aliphatic rings. The van der Waals surface area contributed by atoms with Gasteiger partial charge in [0.05, 0.1) is 5.75 Å². The molecule has 1 unspecified atom stereocenters. The fraction of sp³-hybridized carbons (Fsp3) is 0.520. The van der Waals surface area contributed by atoms with Crippen molar-refractivity contribution in [3.05, 3.63) is 60.4 Å². The van der Waals surface area contributed by atoms with E-state index in [4.69, 9.17) is 21.8 Å². The highest BCUT2D eigenvalue weighted by atomic mass is 32.2. The van der Waals surface area contributed by atoms with Gasteiger partial charge < -0.3 is 15.4 Å². The third-order valence-electron chi connectivity index (χ3n) is 5.62. The molecule has 0 aliphatic carbocycles. The summed E-state index contributed by atoms with van der Waals surface area (Å²) in [6.45, 7) is 1.72. The monoisotopic (exact) mass is 520 g/mol. The van der Waals surface area contributed by atoms with Crippen LogP contribution in [0.15, 0.2) is 54.9 Å². The topological polar surface area (TPSA) is 92.8 Å². The minimum absolute atomic E-state index is 0.0837. The maximum absolute atomic E-state index is 13.1. The fourth-order valence-electron chi connectivity index (χ4n) is 3.75. The average molecular weight is 521 g/mol. The Morgan fingerprint density at radius 3 is 2.54 bits per heavy atom. The zero-order valence-electron chi connectivity index (χ0n) is 20.1. The first kappa shape index (κ1) is 27.5. The maximum Gasteiger partial charge on any atom is 0.240 e. The van der Waals surface area contributed by atoms with E-state index < -0.39 is 16.3 Å². The van der Waals surface area contributed by atoms with Crippen molar-refractivity contribution in [1.82, 2.24) is 14.8 Å². The number of thiocarbonyl (C=S) groups is 1. The number of anilines is 1. The zero-order valence-corrected chi connectivity index (χ0v) is 21.7. The number of ether oxygens (including phenoxy) is 1. The molecule has 2 N–H and O–H groups in total. The van der Waals surface area contributed by atoms with Gasteiger partial charge in [0.2, 0.25) is 10.0 Å². The summed E-state index contributed by atoms with van der Waals surface area (Å²) in [7, 11) is -3.62. The SMILES string of the molecule is O=S(=O)(Cc1ccccc1)N(CCCCCCCNC(=S)Nc1ccncc1)OC1CCCCO1. The Morgan fingerprint density at radius 1 is 1.06 bits per heavy atom. The minimum Gasteiger partial charge on any atom is -0.362 e. The second-order valence-corrected chi connectivity index (χ2v) is 10.8. The summed E-state index contributed by atoms with van der Waals surface area (Å²) in [6, 6.07) is 12.9. The molecule has 1 fully saturated rings. The second kappa shape index (κ2) is 15.1. The number of pyridine rings is 1. The number of unbranched alkanes of at least 4 members (excludes halogenated alkanes) is 4. The molecule has 35 heavy (non-hydrogen) atoms. The maximum atomic E-state index is 13.1. The summed E-state index contributed by atoms with van der Waals surface area (Å²) in [5.74, 6) is -0.0837. The summed E-state index contributed by atoms with van der Waals surface area (Å²) in [4.78, 5) is 9.82. The zero-order chi connectivity index (χ0) is 24.8. The van der Waals surface area contributed by atoms with Crippen molar-refractivity contribution >= 4 is 33.0 Å². The lowest BCUT2D eigenvalue weighted by Gasteiger charge is -2.29. The first-order valence-corrected chi connectivity index (χ1v) is 14.3. The Labute approximate surface area is 214 Å². The van der Waals surface area contributed by atoms with Gasteiger partial charge in [-0.05, 0) is 55.6 Å². The van der Waals surface area contributed by atoms with Crippen molar-refractivity contribution in [2.75, 3.05) is 25.0 Å². The highest BCUT2D eigenvalue weighted by molar-refractivity contribution is 7.88. The van der Waals surface area contributed by atoms with Gasteiger partial charge in [0.15, 0.2) is 11.4 Å². The van der Waals surface area contributed by atoms with Gasteiger partial charge in [0, 0.05) is 44.2 Å². The van der Waals surface area contributed by atoms with Crippen LogP contribution in [0.2, 0.25) is 0 Å². The lowest BCUT2D eigenvalue weighted by molar-refractivity contribution is -0.252. The third kappa shape index (κ3) is 10.6. The lowest BCUT2D eigenvalue weighted by Crippen LogP contribution is -2.38. The molecule has 3 rings (SSSR count). The number of hydrogen-bond acceptors (Lipinski definition) is 6. The van der Waals surface area contributed by atoms with Crippen LogP contribution in [0.1, 0.15) is 56.9 Å². The van der Waals surface area contributed by atoms with E-state index in [0.29, 0.717) is 24.7 Å². The Kier molecular flexibility index (Phi) is 11.9. The Hall–Kier alpha value is -2.11. The van der Waals surface area contributed by atoms with Crippen molar-refractivity contribution in [3.63, 3.8) is 0 Å². The van der Waals surface area contributed by atoms with Crippen molar-refractivity contribution in [2.45, 2.75) is 63.4 Å². The van der Waals surface area contributed by atoms with Gasteiger partial charge in [-0.25, -0.2) is 8.42 Å². The Morgan fingerprint density at radius 2 is 1.80 bits per heavy atom. The minimum atomic E-state index is -3.62. The van der Waals surface area contributed by atoms with Crippen LogP contribution in [0.4, 0.5) is 5.69 Å². The van der Waals surface area contributed by atoms with Crippen LogP contribution in [-0.4, -0.2) is 49.0 Å². The van der Waals surface area contributed by atoms with Crippen LogP contribution in [0.5, 0.6) is 0 Å². The molecule has 1 aromatic heterocycles. The molecule has 10 heteroatoms. The smallest absolute Gasteiger partial charge is 0.240 e. The molecule has 1 saturated heterocycles. The van der Waals surface area contributed by atoms with Crippen LogP contribution in [0.3, 0.4) is 0 Å². The molecular formula is C25H36N4O4S2. The molecule has 0 amide bonds. The van der Waals surface area contributed by atoms with E-state index >= 15 is 0 Å². The number of benzene rings is 1. The number of nitrogens with zero attached hydrogens (tertiary/aromatic N) is 2. The number of aromatic nitrogens is 1. The molecule has 2 heterocycles. The summed E-state index contributed by atoms with van der Waals surface area (Å²) in [6.07, 6.45) is 10.3. The predicted molar refractivity (Wildman–Crippen MR) is 142 cm³/mol. The van der Waals surface area contributed by atoms with E-state index in [1.54, 1.807) is 12.4 Å².